The van der Waals surface area contributed by atoms with Crippen molar-refractivity contribution in [3.63, 3.8) is 0 Å². The molecular formula is C21H28ClN3O2S. The molecule has 1 saturated heterocycles. The Balaban J connectivity index is 1.22. The van der Waals surface area contributed by atoms with E-state index in [2.05, 4.69) is 15.5 Å². The zero-order chi connectivity index (χ0) is 19.5. The Labute approximate surface area is 175 Å². The van der Waals surface area contributed by atoms with Gasteiger partial charge in [-0.3, -0.25) is 9.59 Å². The first-order valence-corrected chi connectivity index (χ1v) is 11.6. The van der Waals surface area contributed by atoms with Crippen molar-refractivity contribution in [2.45, 2.75) is 61.1 Å². The lowest BCUT2D eigenvalue weighted by molar-refractivity contribution is -0.124. The molecule has 2 fully saturated rings. The van der Waals surface area contributed by atoms with E-state index in [9.17, 15) is 9.59 Å². The van der Waals surface area contributed by atoms with Gasteiger partial charge in [0.15, 0.2) is 0 Å². The van der Waals surface area contributed by atoms with Crippen LogP contribution in [0.3, 0.4) is 0 Å². The van der Waals surface area contributed by atoms with Gasteiger partial charge in [0.05, 0.1) is 10.9 Å². The molecule has 3 aliphatic rings. The van der Waals surface area contributed by atoms with Crippen LogP contribution in [0.4, 0.5) is 5.69 Å². The van der Waals surface area contributed by atoms with Gasteiger partial charge in [0.1, 0.15) is 0 Å². The predicted octanol–water partition coefficient (Wildman–Crippen LogP) is 3.91. The van der Waals surface area contributed by atoms with Gasteiger partial charge in [0, 0.05) is 42.0 Å². The fraction of sp³-hybridized carbons (Fsp3) is 0.619. The van der Waals surface area contributed by atoms with Crippen LogP contribution in [-0.2, 0) is 9.59 Å². The number of benzene rings is 1. The number of nitrogens with zero attached hydrogens (tertiary/aromatic N) is 1. The van der Waals surface area contributed by atoms with E-state index in [1.807, 2.05) is 6.07 Å². The van der Waals surface area contributed by atoms with Gasteiger partial charge in [-0.2, -0.15) is 0 Å². The molecule has 152 valence electrons. The molecule has 0 aromatic heterocycles. The summed E-state index contributed by atoms with van der Waals surface area (Å²) >= 11 is 7.43. The van der Waals surface area contributed by atoms with E-state index in [-0.39, 0.29) is 24.3 Å². The van der Waals surface area contributed by atoms with Gasteiger partial charge in [0.25, 0.3) is 0 Å². The highest BCUT2D eigenvalue weighted by Gasteiger charge is 2.30. The highest BCUT2D eigenvalue weighted by Crippen LogP contribution is 2.38. The van der Waals surface area contributed by atoms with Gasteiger partial charge < -0.3 is 15.5 Å². The predicted molar refractivity (Wildman–Crippen MR) is 114 cm³/mol. The third-order valence-corrected chi connectivity index (χ3v) is 7.59. The summed E-state index contributed by atoms with van der Waals surface area (Å²) in [6, 6.07) is 5.68. The van der Waals surface area contributed by atoms with E-state index in [1.54, 1.807) is 12.1 Å². The molecule has 7 heteroatoms. The molecule has 5 nitrogen and oxygen atoms in total. The minimum Gasteiger partial charge on any atom is -0.353 e. The van der Waals surface area contributed by atoms with E-state index in [1.165, 1.54) is 44.0 Å². The molecule has 2 aliphatic heterocycles. The van der Waals surface area contributed by atoms with Crippen LogP contribution >= 0.6 is 23.4 Å². The molecule has 4 rings (SSSR count). The van der Waals surface area contributed by atoms with Gasteiger partial charge in [-0.05, 0) is 49.8 Å². The van der Waals surface area contributed by atoms with E-state index >= 15 is 0 Å². The standard InChI is InChI=1S/C21H28ClN3O2S/c22-15-5-6-18-17(11-15)24-21(27)19(28-18)12-20(26)23-16-7-9-25(10-8-16)13-14-3-1-2-4-14/h5-6,11,14,16,19H,1-4,7-10,12-13H2,(H,23,26)(H,24,27). The summed E-state index contributed by atoms with van der Waals surface area (Å²) in [6.07, 6.45) is 7.76. The number of thioether (sulfide) groups is 1. The first-order chi connectivity index (χ1) is 13.6. The molecule has 2 heterocycles. The minimum atomic E-state index is -0.392. The molecule has 1 atom stereocenters. The zero-order valence-corrected chi connectivity index (χ0v) is 17.7. The summed E-state index contributed by atoms with van der Waals surface area (Å²) in [5.41, 5.74) is 0.730. The number of piperidine rings is 1. The fourth-order valence-electron chi connectivity index (χ4n) is 4.53. The van der Waals surface area contributed by atoms with Crippen LogP contribution in [0.5, 0.6) is 0 Å². The average Bonchev–Trinajstić information content (AvgIpc) is 3.17. The van der Waals surface area contributed by atoms with Crippen LogP contribution in [0.1, 0.15) is 44.9 Å². The van der Waals surface area contributed by atoms with Gasteiger partial charge in [-0.25, -0.2) is 0 Å². The first-order valence-electron chi connectivity index (χ1n) is 10.4. The lowest BCUT2D eigenvalue weighted by Crippen LogP contribution is -2.46. The highest BCUT2D eigenvalue weighted by atomic mass is 35.5. The van der Waals surface area contributed by atoms with Crippen molar-refractivity contribution in [2.24, 2.45) is 5.92 Å². The highest BCUT2D eigenvalue weighted by molar-refractivity contribution is 8.01. The minimum absolute atomic E-state index is 0.0284. The third kappa shape index (κ3) is 5.02. The largest absolute Gasteiger partial charge is 0.353 e. The van der Waals surface area contributed by atoms with Crippen molar-refractivity contribution in [1.82, 2.24) is 10.2 Å². The second-order valence-electron chi connectivity index (χ2n) is 8.23. The second-order valence-corrected chi connectivity index (χ2v) is 9.91. The normalized spacial score (nSPS) is 24.0. The molecule has 0 radical (unpaired) electrons. The number of fused-ring (bicyclic) bond motifs is 1. The molecular weight excluding hydrogens is 394 g/mol. The molecule has 1 aromatic carbocycles. The number of nitrogens with one attached hydrogen (secondary N) is 2. The van der Waals surface area contributed by atoms with E-state index in [0.717, 1.165) is 42.4 Å². The molecule has 1 saturated carbocycles. The number of amides is 2. The van der Waals surface area contributed by atoms with Crippen molar-refractivity contribution in [3.05, 3.63) is 23.2 Å². The summed E-state index contributed by atoms with van der Waals surface area (Å²) in [6.45, 7) is 3.35. The Bertz CT molecular complexity index is 730. The Morgan fingerprint density at radius 1 is 1.21 bits per heavy atom. The van der Waals surface area contributed by atoms with E-state index in [4.69, 9.17) is 11.6 Å². The lowest BCUT2D eigenvalue weighted by atomic mass is 10.0. The summed E-state index contributed by atoms with van der Waals surface area (Å²) in [7, 11) is 0. The van der Waals surface area contributed by atoms with Crippen LogP contribution < -0.4 is 10.6 Å². The summed E-state index contributed by atoms with van der Waals surface area (Å²) in [5.74, 6) is 0.728. The number of rotatable bonds is 5. The van der Waals surface area contributed by atoms with Crippen molar-refractivity contribution >= 4 is 40.9 Å². The second kappa shape index (κ2) is 9.06. The number of carbonyl (C=O) groups excluding carboxylic acids is 2. The topological polar surface area (TPSA) is 61.4 Å². The molecule has 0 spiro atoms. The Morgan fingerprint density at radius 2 is 1.96 bits per heavy atom. The molecule has 1 unspecified atom stereocenters. The van der Waals surface area contributed by atoms with Crippen molar-refractivity contribution in [3.8, 4) is 0 Å². The van der Waals surface area contributed by atoms with Crippen LogP contribution in [0.15, 0.2) is 23.1 Å². The van der Waals surface area contributed by atoms with E-state index < -0.39 is 5.25 Å². The summed E-state index contributed by atoms with van der Waals surface area (Å²) < 4.78 is 0. The molecule has 2 amide bonds. The molecule has 28 heavy (non-hydrogen) atoms. The Hall–Kier alpha value is -1.24. The lowest BCUT2D eigenvalue weighted by Gasteiger charge is -2.34. The van der Waals surface area contributed by atoms with Crippen molar-refractivity contribution < 1.29 is 9.59 Å². The van der Waals surface area contributed by atoms with Gasteiger partial charge in [-0.1, -0.05) is 24.4 Å². The quantitative estimate of drug-likeness (QED) is 0.756. The number of halogens is 1. The van der Waals surface area contributed by atoms with Gasteiger partial charge in [0.2, 0.25) is 11.8 Å². The van der Waals surface area contributed by atoms with E-state index in [0.29, 0.717) is 5.02 Å². The van der Waals surface area contributed by atoms with Gasteiger partial charge in [-0.15, -0.1) is 11.8 Å². The Kier molecular flexibility index (Phi) is 6.48. The first kappa shape index (κ1) is 20.0. The molecule has 0 bridgehead atoms. The Morgan fingerprint density at radius 3 is 2.71 bits per heavy atom. The number of likely N-dealkylation sites (tertiary alicyclic amines) is 1. The van der Waals surface area contributed by atoms with Crippen molar-refractivity contribution in [2.75, 3.05) is 25.0 Å². The van der Waals surface area contributed by atoms with Crippen LogP contribution in [0.2, 0.25) is 5.02 Å². The smallest absolute Gasteiger partial charge is 0.238 e. The van der Waals surface area contributed by atoms with Crippen molar-refractivity contribution in [1.29, 1.82) is 0 Å². The van der Waals surface area contributed by atoms with Crippen LogP contribution in [-0.4, -0.2) is 47.6 Å². The number of hydrogen-bond acceptors (Lipinski definition) is 4. The average molecular weight is 422 g/mol. The summed E-state index contributed by atoms with van der Waals surface area (Å²) in [5, 5.41) is 6.22. The summed E-state index contributed by atoms with van der Waals surface area (Å²) in [4.78, 5) is 28.4. The third-order valence-electron chi connectivity index (χ3n) is 6.08. The van der Waals surface area contributed by atoms with Crippen LogP contribution in [0, 0.1) is 5.92 Å². The monoisotopic (exact) mass is 421 g/mol. The molecule has 2 N–H and O–H groups in total. The maximum atomic E-state index is 12.5. The fourth-order valence-corrected chi connectivity index (χ4v) is 5.79. The number of carbonyl (C=O) groups is 2. The number of hydrogen-bond donors (Lipinski definition) is 2. The van der Waals surface area contributed by atoms with Crippen LogP contribution in [0.25, 0.3) is 0 Å². The molecule has 1 aliphatic carbocycles. The maximum absolute atomic E-state index is 12.5. The number of anilines is 1. The SMILES string of the molecule is O=C(CC1Sc2ccc(Cl)cc2NC1=O)NC1CCN(CC2CCCC2)CC1. The maximum Gasteiger partial charge on any atom is 0.238 e. The van der Waals surface area contributed by atoms with Gasteiger partial charge >= 0.3 is 0 Å². The molecule has 1 aromatic rings. The zero-order valence-electron chi connectivity index (χ0n) is 16.1.